The fraction of sp³-hybridized carbons (Fsp3) is 0.524. The SMILES string of the molecule is CN(C(=O)C1(C)CCOCC1)c1nc2c(s1)C[C@H](c1ccccc1)CC2. The van der Waals surface area contributed by atoms with Gasteiger partial charge in [-0.2, -0.15) is 0 Å². The van der Waals surface area contributed by atoms with E-state index in [-0.39, 0.29) is 11.3 Å². The van der Waals surface area contributed by atoms with Crippen LogP contribution in [0.3, 0.4) is 0 Å². The summed E-state index contributed by atoms with van der Waals surface area (Å²) < 4.78 is 5.44. The first-order valence-electron chi connectivity index (χ1n) is 9.46. The number of carbonyl (C=O) groups is 1. The fourth-order valence-electron chi connectivity index (χ4n) is 4.04. The Labute approximate surface area is 159 Å². The van der Waals surface area contributed by atoms with Gasteiger partial charge in [-0.05, 0) is 43.6 Å². The van der Waals surface area contributed by atoms with Crippen molar-refractivity contribution in [3.63, 3.8) is 0 Å². The van der Waals surface area contributed by atoms with Crippen LogP contribution in [0.5, 0.6) is 0 Å². The van der Waals surface area contributed by atoms with Gasteiger partial charge in [-0.15, -0.1) is 11.3 Å². The summed E-state index contributed by atoms with van der Waals surface area (Å²) in [4.78, 5) is 21.0. The molecule has 0 bridgehead atoms. The van der Waals surface area contributed by atoms with Crippen molar-refractivity contribution in [1.29, 1.82) is 0 Å². The number of benzene rings is 1. The number of aromatic nitrogens is 1. The van der Waals surface area contributed by atoms with Crippen molar-refractivity contribution in [2.24, 2.45) is 5.41 Å². The van der Waals surface area contributed by atoms with Gasteiger partial charge in [0.1, 0.15) is 0 Å². The zero-order valence-corrected chi connectivity index (χ0v) is 16.3. The van der Waals surface area contributed by atoms with Gasteiger partial charge in [0.2, 0.25) is 5.91 Å². The Morgan fingerprint density at radius 1 is 1.27 bits per heavy atom. The van der Waals surface area contributed by atoms with Gasteiger partial charge >= 0.3 is 0 Å². The van der Waals surface area contributed by atoms with Crippen molar-refractivity contribution < 1.29 is 9.53 Å². The minimum atomic E-state index is -0.328. The molecule has 2 aromatic rings. The van der Waals surface area contributed by atoms with Gasteiger partial charge in [-0.25, -0.2) is 4.98 Å². The van der Waals surface area contributed by atoms with E-state index >= 15 is 0 Å². The van der Waals surface area contributed by atoms with E-state index in [1.165, 1.54) is 16.1 Å². The number of nitrogens with zero attached hydrogens (tertiary/aromatic N) is 2. The molecular weight excluding hydrogens is 344 g/mol. The van der Waals surface area contributed by atoms with E-state index in [1.54, 1.807) is 16.2 Å². The van der Waals surface area contributed by atoms with Crippen LogP contribution in [0.2, 0.25) is 0 Å². The van der Waals surface area contributed by atoms with E-state index in [9.17, 15) is 4.79 Å². The van der Waals surface area contributed by atoms with E-state index in [4.69, 9.17) is 9.72 Å². The van der Waals surface area contributed by atoms with Crippen molar-refractivity contribution in [2.45, 2.75) is 44.9 Å². The Bertz CT molecular complexity index is 781. The minimum Gasteiger partial charge on any atom is -0.381 e. The lowest BCUT2D eigenvalue weighted by molar-refractivity contribution is -0.132. The summed E-state index contributed by atoms with van der Waals surface area (Å²) in [6.45, 7) is 3.40. The van der Waals surface area contributed by atoms with Crippen LogP contribution in [0.25, 0.3) is 0 Å². The third-order valence-corrected chi connectivity index (χ3v) is 7.10. The maximum Gasteiger partial charge on any atom is 0.234 e. The Kier molecular flexibility index (Phi) is 4.84. The molecule has 1 amide bonds. The highest BCUT2D eigenvalue weighted by atomic mass is 32.1. The quantitative estimate of drug-likeness (QED) is 0.813. The molecule has 0 saturated carbocycles. The van der Waals surface area contributed by atoms with Gasteiger partial charge < -0.3 is 4.74 Å². The second-order valence-corrected chi connectivity index (χ2v) is 8.82. The van der Waals surface area contributed by atoms with Crippen LogP contribution in [0, 0.1) is 5.41 Å². The molecule has 5 heteroatoms. The Balaban J connectivity index is 1.51. The van der Waals surface area contributed by atoms with Crippen LogP contribution in [-0.2, 0) is 22.4 Å². The maximum absolute atomic E-state index is 13.1. The number of ether oxygens (including phenoxy) is 1. The maximum atomic E-state index is 13.1. The van der Waals surface area contributed by atoms with E-state index in [0.29, 0.717) is 19.1 Å². The lowest BCUT2D eigenvalue weighted by Gasteiger charge is -2.34. The largest absolute Gasteiger partial charge is 0.381 e. The van der Waals surface area contributed by atoms with E-state index in [2.05, 4.69) is 37.3 Å². The summed E-state index contributed by atoms with van der Waals surface area (Å²) >= 11 is 1.70. The van der Waals surface area contributed by atoms with E-state index in [0.717, 1.165) is 37.2 Å². The molecule has 2 aliphatic rings. The van der Waals surface area contributed by atoms with Crippen LogP contribution in [0.4, 0.5) is 5.13 Å². The molecule has 1 aliphatic carbocycles. The van der Waals surface area contributed by atoms with Crippen LogP contribution >= 0.6 is 11.3 Å². The van der Waals surface area contributed by atoms with Crippen molar-refractivity contribution in [1.82, 2.24) is 4.98 Å². The van der Waals surface area contributed by atoms with Gasteiger partial charge in [0.05, 0.1) is 11.1 Å². The third-order valence-electron chi connectivity index (χ3n) is 5.90. The third kappa shape index (κ3) is 3.30. The van der Waals surface area contributed by atoms with E-state index in [1.807, 2.05) is 7.05 Å². The molecule has 1 aromatic carbocycles. The average Bonchev–Trinajstić information content (AvgIpc) is 3.11. The first-order chi connectivity index (χ1) is 12.6. The first-order valence-corrected chi connectivity index (χ1v) is 10.3. The highest BCUT2D eigenvalue weighted by molar-refractivity contribution is 7.16. The molecule has 0 unspecified atom stereocenters. The predicted molar refractivity (Wildman–Crippen MR) is 105 cm³/mol. The number of amides is 1. The molecule has 0 radical (unpaired) electrons. The number of thiazole rings is 1. The Morgan fingerprint density at radius 3 is 2.73 bits per heavy atom. The molecule has 2 heterocycles. The summed E-state index contributed by atoms with van der Waals surface area (Å²) in [5.74, 6) is 0.734. The smallest absolute Gasteiger partial charge is 0.234 e. The fourth-order valence-corrected chi connectivity index (χ4v) is 5.19. The van der Waals surface area contributed by atoms with Gasteiger partial charge in [0.15, 0.2) is 5.13 Å². The zero-order chi connectivity index (χ0) is 18.1. The lowest BCUT2D eigenvalue weighted by atomic mass is 9.81. The van der Waals surface area contributed by atoms with Crippen LogP contribution in [-0.4, -0.2) is 31.2 Å². The molecule has 1 aliphatic heterocycles. The monoisotopic (exact) mass is 370 g/mol. The average molecular weight is 371 g/mol. The Hall–Kier alpha value is -1.72. The highest BCUT2D eigenvalue weighted by Gasteiger charge is 2.38. The molecular formula is C21H26N2O2S. The summed E-state index contributed by atoms with van der Waals surface area (Å²) in [6.07, 6.45) is 4.74. The number of hydrogen-bond acceptors (Lipinski definition) is 4. The van der Waals surface area contributed by atoms with Gasteiger partial charge in [0.25, 0.3) is 0 Å². The van der Waals surface area contributed by atoms with Crippen LogP contribution in [0.1, 0.15) is 48.2 Å². The van der Waals surface area contributed by atoms with Gasteiger partial charge in [-0.1, -0.05) is 37.3 Å². The number of fused-ring (bicyclic) bond motifs is 1. The molecule has 138 valence electrons. The van der Waals surface area contributed by atoms with Crippen molar-refractivity contribution in [3.8, 4) is 0 Å². The van der Waals surface area contributed by atoms with Crippen LogP contribution in [0.15, 0.2) is 30.3 Å². The predicted octanol–water partition coefficient (Wildman–Crippen LogP) is 4.20. The number of anilines is 1. The molecule has 4 rings (SSSR count). The van der Waals surface area contributed by atoms with Crippen LogP contribution < -0.4 is 4.90 Å². The topological polar surface area (TPSA) is 42.4 Å². The van der Waals surface area contributed by atoms with Gasteiger partial charge in [-0.3, -0.25) is 9.69 Å². The second kappa shape index (κ2) is 7.12. The molecule has 1 fully saturated rings. The number of hydrogen-bond donors (Lipinski definition) is 0. The first kappa shape index (κ1) is 17.7. The summed E-state index contributed by atoms with van der Waals surface area (Å²) in [7, 11) is 1.88. The van der Waals surface area contributed by atoms with Crippen molar-refractivity contribution in [2.75, 3.05) is 25.2 Å². The minimum absolute atomic E-state index is 0.173. The summed E-state index contributed by atoms with van der Waals surface area (Å²) in [5, 5.41) is 0.849. The standard InChI is InChI=1S/C21H26N2O2S/c1-21(10-12-25-13-11-21)19(24)23(2)20-22-17-9-8-16(14-18(17)26-20)15-6-4-3-5-7-15/h3-7,16H,8-14H2,1-2H3/t16-/m1/s1. The molecule has 1 saturated heterocycles. The summed E-state index contributed by atoms with van der Waals surface area (Å²) in [5.41, 5.74) is 2.27. The van der Waals surface area contributed by atoms with Crippen molar-refractivity contribution in [3.05, 3.63) is 46.5 Å². The number of rotatable bonds is 3. The number of aryl methyl sites for hydroxylation is 1. The molecule has 26 heavy (non-hydrogen) atoms. The van der Waals surface area contributed by atoms with E-state index < -0.39 is 0 Å². The second-order valence-electron chi connectivity index (χ2n) is 7.75. The highest BCUT2D eigenvalue weighted by Crippen LogP contribution is 2.39. The van der Waals surface area contributed by atoms with Crippen molar-refractivity contribution >= 4 is 22.4 Å². The molecule has 0 N–H and O–H groups in total. The molecule has 4 nitrogen and oxygen atoms in total. The molecule has 1 aromatic heterocycles. The Morgan fingerprint density at radius 2 is 2.00 bits per heavy atom. The number of carbonyl (C=O) groups excluding carboxylic acids is 1. The van der Waals surface area contributed by atoms with Gasteiger partial charge in [0, 0.05) is 25.1 Å². The molecule has 1 atom stereocenters. The zero-order valence-electron chi connectivity index (χ0n) is 15.5. The normalized spacial score (nSPS) is 21.8. The summed E-state index contributed by atoms with van der Waals surface area (Å²) in [6, 6.07) is 10.7. The lowest BCUT2D eigenvalue weighted by Crippen LogP contribution is -2.43. The molecule has 0 spiro atoms.